The van der Waals surface area contributed by atoms with Gasteiger partial charge in [-0.1, -0.05) is 31.4 Å². The van der Waals surface area contributed by atoms with E-state index in [1.807, 2.05) is 24.3 Å². The van der Waals surface area contributed by atoms with Crippen LogP contribution in [-0.2, 0) is 20.7 Å². The van der Waals surface area contributed by atoms with Gasteiger partial charge in [-0.05, 0) is 43.6 Å². The van der Waals surface area contributed by atoms with Crippen LogP contribution in [0.15, 0.2) is 29.2 Å². The number of amides is 1. The van der Waals surface area contributed by atoms with Crippen molar-refractivity contribution < 1.29 is 23.5 Å². The molecule has 0 heterocycles. The fourth-order valence-electron chi connectivity index (χ4n) is 2.51. The lowest BCUT2D eigenvalue weighted by molar-refractivity contribution is -0.137. The van der Waals surface area contributed by atoms with Crippen molar-refractivity contribution in [2.45, 2.75) is 62.7 Å². The molecule has 0 saturated heterocycles. The number of carbonyl (C=O) groups excluding carboxylic acids is 1. The predicted molar refractivity (Wildman–Crippen MR) is 111 cm³/mol. The quantitative estimate of drug-likeness (QED) is 0.221. The van der Waals surface area contributed by atoms with E-state index in [2.05, 4.69) is 5.32 Å². The largest absolute Gasteiger partial charge is 0.481 e. The van der Waals surface area contributed by atoms with Crippen LogP contribution < -0.4 is 5.32 Å². The fraction of sp³-hybridized carbons (Fsp3) is 0.579. The van der Waals surface area contributed by atoms with Gasteiger partial charge in [0.05, 0.1) is 5.69 Å². The first-order chi connectivity index (χ1) is 13.0. The topological polar surface area (TPSA) is 104 Å². The number of hydrogen-bond donors (Lipinski definition) is 3. The highest BCUT2D eigenvalue weighted by Crippen LogP contribution is 2.28. The van der Waals surface area contributed by atoms with E-state index in [0.717, 1.165) is 48.4 Å². The SMILES string of the molecule is O=C(O)CCCCCCCC(=O)Nc1ccccc1SCCCCS(=O)O. The summed E-state index contributed by atoms with van der Waals surface area (Å²) in [6.45, 7) is 0. The summed E-state index contributed by atoms with van der Waals surface area (Å²) in [5.41, 5.74) is 0.805. The summed E-state index contributed by atoms with van der Waals surface area (Å²) in [7, 11) is 0. The summed E-state index contributed by atoms with van der Waals surface area (Å²) >= 11 is -0.0895. The molecule has 0 bridgehead atoms. The molecule has 0 spiro atoms. The van der Waals surface area contributed by atoms with Gasteiger partial charge in [0, 0.05) is 23.5 Å². The molecule has 0 fully saturated rings. The Kier molecular flexibility index (Phi) is 12.8. The molecule has 1 aromatic rings. The molecule has 0 aliphatic heterocycles. The number of aliphatic carboxylic acids is 1. The molecule has 3 N–H and O–H groups in total. The van der Waals surface area contributed by atoms with Crippen LogP contribution in [0.25, 0.3) is 0 Å². The molecule has 1 amide bonds. The number of carboxylic acids is 1. The van der Waals surface area contributed by atoms with Gasteiger partial charge >= 0.3 is 5.97 Å². The monoisotopic (exact) mass is 415 g/mol. The van der Waals surface area contributed by atoms with Gasteiger partial charge < -0.3 is 15.0 Å². The Balaban J connectivity index is 2.25. The van der Waals surface area contributed by atoms with Crippen molar-refractivity contribution in [3.63, 3.8) is 0 Å². The first kappa shape index (κ1) is 23.7. The number of thioether (sulfide) groups is 1. The molecular weight excluding hydrogens is 386 g/mol. The van der Waals surface area contributed by atoms with Gasteiger partial charge in [-0.15, -0.1) is 11.8 Å². The number of hydrogen-bond acceptors (Lipinski definition) is 4. The van der Waals surface area contributed by atoms with Crippen LogP contribution in [0.4, 0.5) is 5.69 Å². The smallest absolute Gasteiger partial charge is 0.303 e. The molecular formula is C19H29NO5S2. The highest BCUT2D eigenvalue weighted by molar-refractivity contribution is 7.99. The zero-order valence-electron chi connectivity index (χ0n) is 15.5. The molecule has 6 nitrogen and oxygen atoms in total. The number of nitrogens with one attached hydrogen (secondary N) is 1. The third-order valence-electron chi connectivity index (χ3n) is 3.93. The summed E-state index contributed by atoms with van der Waals surface area (Å²) in [5.74, 6) is 0.369. The molecule has 0 aliphatic carbocycles. The van der Waals surface area contributed by atoms with Gasteiger partial charge in [0.1, 0.15) is 0 Å². The minimum atomic E-state index is -1.73. The molecule has 1 aromatic carbocycles. The normalized spacial score (nSPS) is 11.9. The summed E-state index contributed by atoms with van der Waals surface area (Å²) < 4.78 is 19.4. The number of benzene rings is 1. The van der Waals surface area contributed by atoms with Crippen molar-refractivity contribution >= 4 is 40.4 Å². The standard InChI is InChI=1S/C19H29NO5S2/c21-18(12-4-2-1-3-5-13-19(22)23)20-16-10-6-7-11-17(16)26-14-8-9-15-27(24)25/h6-7,10-11H,1-5,8-9,12-15H2,(H,20,21)(H,22,23)(H,24,25). The van der Waals surface area contributed by atoms with Crippen molar-refractivity contribution in [1.82, 2.24) is 0 Å². The van der Waals surface area contributed by atoms with E-state index in [-0.39, 0.29) is 12.3 Å². The minimum absolute atomic E-state index is 0.00994. The second-order valence-electron chi connectivity index (χ2n) is 6.29. The lowest BCUT2D eigenvalue weighted by Gasteiger charge is -2.10. The van der Waals surface area contributed by atoms with Gasteiger partial charge in [0.25, 0.3) is 0 Å². The van der Waals surface area contributed by atoms with Gasteiger partial charge in [0.2, 0.25) is 5.91 Å². The highest BCUT2D eigenvalue weighted by atomic mass is 32.2. The van der Waals surface area contributed by atoms with Crippen molar-refractivity contribution in [1.29, 1.82) is 0 Å². The lowest BCUT2D eigenvalue weighted by Crippen LogP contribution is -2.11. The maximum absolute atomic E-state index is 12.1. The van der Waals surface area contributed by atoms with Crippen LogP contribution >= 0.6 is 11.8 Å². The Morgan fingerprint density at radius 3 is 2.33 bits per heavy atom. The van der Waals surface area contributed by atoms with E-state index < -0.39 is 17.0 Å². The zero-order chi connectivity index (χ0) is 19.9. The summed E-state index contributed by atoms with van der Waals surface area (Å²) in [4.78, 5) is 23.6. The zero-order valence-corrected chi connectivity index (χ0v) is 17.2. The fourth-order valence-corrected chi connectivity index (χ4v) is 3.98. The maximum atomic E-state index is 12.1. The average Bonchev–Trinajstić information content (AvgIpc) is 2.61. The molecule has 0 saturated carbocycles. The molecule has 1 unspecified atom stereocenters. The van der Waals surface area contributed by atoms with Crippen molar-refractivity contribution in [2.24, 2.45) is 0 Å². The number of carboxylic acid groups (broad SMARTS) is 1. The van der Waals surface area contributed by atoms with Crippen LogP contribution in [0.1, 0.15) is 57.8 Å². The lowest BCUT2D eigenvalue weighted by atomic mass is 10.1. The molecule has 1 rings (SSSR count). The van der Waals surface area contributed by atoms with Crippen molar-refractivity contribution in [3.8, 4) is 0 Å². The van der Waals surface area contributed by atoms with Crippen LogP contribution in [0.2, 0.25) is 0 Å². The number of carbonyl (C=O) groups is 2. The molecule has 0 radical (unpaired) electrons. The van der Waals surface area contributed by atoms with Crippen molar-refractivity contribution in [3.05, 3.63) is 24.3 Å². The van der Waals surface area contributed by atoms with Crippen LogP contribution in [-0.4, -0.2) is 37.3 Å². The molecule has 1 atom stereocenters. The Bertz CT molecular complexity index is 610. The molecule has 152 valence electrons. The number of para-hydroxylation sites is 1. The van der Waals surface area contributed by atoms with E-state index in [1.165, 1.54) is 0 Å². The Morgan fingerprint density at radius 1 is 0.963 bits per heavy atom. The van der Waals surface area contributed by atoms with Crippen LogP contribution in [0.5, 0.6) is 0 Å². The van der Waals surface area contributed by atoms with Gasteiger partial charge in [-0.25, -0.2) is 4.21 Å². The first-order valence-electron chi connectivity index (χ1n) is 9.30. The second-order valence-corrected chi connectivity index (χ2v) is 8.47. The maximum Gasteiger partial charge on any atom is 0.303 e. The minimum Gasteiger partial charge on any atom is -0.481 e. The Hall–Kier alpha value is -1.38. The summed E-state index contributed by atoms with van der Waals surface area (Å²) in [6, 6.07) is 7.66. The molecule has 27 heavy (non-hydrogen) atoms. The van der Waals surface area contributed by atoms with E-state index in [1.54, 1.807) is 11.8 Å². The third-order valence-corrected chi connectivity index (χ3v) is 5.72. The predicted octanol–water partition coefficient (Wildman–Crippen LogP) is 4.53. The molecule has 0 aromatic heterocycles. The third kappa shape index (κ3) is 12.6. The van der Waals surface area contributed by atoms with Gasteiger partial charge in [-0.3, -0.25) is 9.59 Å². The van der Waals surface area contributed by atoms with Gasteiger partial charge in [0.15, 0.2) is 11.1 Å². The van der Waals surface area contributed by atoms with Crippen LogP contribution in [0.3, 0.4) is 0 Å². The number of unbranched alkanes of at least 4 members (excludes halogenated alkanes) is 5. The van der Waals surface area contributed by atoms with Gasteiger partial charge in [-0.2, -0.15) is 0 Å². The van der Waals surface area contributed by atoms with E-state index in [9.17, 15) is 13.8 Å². The van der Waals surface area contributed by atoms with Crippen molar-refractivity contribution in [2.75, 3.05) is 16.8 Å². The second kappa shape index (κ2) is 14.6. The highest BCUT2D eigenvalue weighted by Gasteiger charge is 2.07. The Labute approximate surface area is 167 Å². The summed E-state index contributed by atoms with van der Waals surface area (Å²) in [5, 5.41) is 11.5. The number of rotatable bonds is 15. The van der Waals surface area contributed by atoms with E-state index >= 15 is 0 Å². The van der Waals surface area contributed by atoms with Crippen LogP contribution in [0, 0.1) is 0 Å². The molecule has 8 heteroatoms. The van der Waals surface area contributed by atoms with E-state index in [0.29, 0.717) is 25.0 Å². The average molecular weight is 416 g/mol. The van der Waals surface area contributed by atoms with E-state index in [4.69, 9.17) is 9.66 Å². The Morgan fingerprint density at radius 2 is 1.63 bits per heavy atom. The first-order valence-corrected chi connectivity index (χ1v) is 11.6. The molecule has 0 aliphatic rings. The number of anilines is 1. The summed E-state index contributed by atoms with van der Waals surface area (Å²) in [6.07, 6.45) is 6.48.